The Hall–Kier alpha value is -2.00. The summed E-state index contributed by atoms with van der Waals surface area (Å²) >= 11 is 0. The van der Waals surface area contributed by atoms with Crippen LogP contribution in [0.1, 0.15) is 11.1 Å². The predicted octanol–water partition coefficient (Wildman–Crippen LogP) is 3.04. The summed E-state index contributed by atoms with van der Waals surface area (Å²) < 4.78 is 10.4. The quantitative estimate of drug-likeness (QED) is 0.785. The summed E-state index contributed by atoms with van der Waals surface area (Å²) in [6, 6.07) is 16.3. The summed E-state index contributed by atoms with van der Waals surface area (Å²) in [5, 5.41) is 3.44. The number of benzene rings is 2. The molecule has 0 unspecified atom stereocenters. The van der Waals surface area contributed by atoms with Crippen LogP contribution in [0.5, 0.6) is 11.5 Å². The second-order valence-electron chi connectivity index (χ2n) is 4.63. The van der Waals surface area contributed by atoms with E-state index in [4.69, 9.17) is 9.47 Å². The molecule has 3 heteroatoms. The van der Waals surface area contributed by atoms with Crippen LogP contribution in [0.25, 0.3) is 0 Å². The molecule has 0 aliphatic heterocycles. The van der Waals surface area contributed by atoms with Gasteiger partial charge in [0.2, 0.25) is 0 Å². The molecular weight excluding hydrogens is 250 g/mol. The Bertz CT molecular complexity index is 491. The molecular formula is C17H21NO2. The van der Waals surface area contributed by atoms with Crippen molar-refractivity contribution in [1.82, 2.24) is 5.32 Å². The van der Waals surface area contributed by atoms with Gasteiger partial charge in [0.05, 0.1) is 14.2 Å². The maximum Gasteiger partial charge on any atom is 0.119 e. The average molecular weight is 271 g/mol. The second-order valence-corrected chi connectivity index (χ2v) is 4.63. The van der Waals surface area contributed by atoms with Crippen LogP contribution in [0.2, 0.25) is 0 Å². The van der Waals surface area contributed by atoms with Crippen LogP contribution in [-0.4, -0.2) is 20.8 Å². The number of methoxy groups -OCH3 is 2. The summed E-state index contributed by atoms with van der Waals surface area (Å²) in [6.07, 6.45) is 0.987. The van der Waals surface area contributed by atoms with E-state index in [0.29, 0.717) is 0 Å². The highest BCUT2D eigenvalue weighted by molar-refractivity contribution is 5.29. The molecule has 0 saturated carbocycles. The summed E-state index contributed by atoms with van der Waals surface area (Å²) in [5.74, 6) is 1.81. The van der Waals surface area contributed by atoms with E-state index in [9.17, 15) is 0 Å². The van der Waals surface area contributed by atoms with Gasteiger partial charge >= 0.3 is 0 Å². The Balaban J connectivity index is 1.78. The van der Waals surface area contributed by atoms with Gasteiger partial charge in [-0.3, -0.25) is 0 Å². The topological polar surface area (TPSA) is 30.5 Å². The van der Waals surface area contributed by atoms with E-state index in [2.05, 4.69) is 29.6 Å². The van der Waals surface area contributed by atoms with E-state index >= 15 is 0 Å². The smallest absolute Gasteiger partial charge is 0.119 e. The zero-order chi connectivity index (χ0) is 14.2. The fourth-order valence-electron chi connectivity index (χ4n) is 2.08. The lowest BCUT2D eigenvalue weighted by molar-refractivity contribution is 0.413. The third-order valence-electron chi connectivity index (χ3n) is 3.19. The van der Waals surface area contributed by atoms with Crippen LogP contribution < -0.4 is 14.8 Å². The van der Waals surface area contributed by atoms with Crippen molar-refractivity contribution in [2.75, 3.05) is 20.8 Å². The van der Waals surface area contributed by atoms with Crippen LogP contribution in [0, 0.1) is 0 Å². The van der Waals surface area contributed by atoms with Crippen LogP contribution >= 0.6 is 0 Å². The van der Waals surface area contributed by atoms with Gasteiger partial charge in [-0.15, -0.1) is 0 Å². The van der Waals surface area contributed by atoms with Crippen molar-refractivity contribution in [1.29, 1.82) is 0 Å². The van der Waals surface area contributed by atoms with E-state index in [-0.39, 0.29) is 0 Å². The monoisotopic (exact) mass is 271 g/mol. The van der Waals surface area contributed by atoms with Gasteiger partial charge < -0.3 is 14.8 Å². The molecule has 20 heavy (non-hydrogen) atoms. The molecule has 0 spiro atoms. The Kier molecular flexibility index (Phi) is 5.44. The number of nitrogens with one attached hydrogen (secondary N) is 1. The minimum Gasteiger partial charge on any atom is -0.497 e. The van der Waals surface area contributed by atoms with Gasteiger partial charge in [0.1, 0.15) is 11.5 Å². The highest BCUT2D eigenvalue weighted by Gasteiger charge is 1.98. The number of hydrogen-bond donors (Lipinski definition) is 1. The Labute approximate surface area is 120 Å². The van der Waals surface area contributed by atoms with Crippen molar-refractivity contribution in [2.24, 2.45) is 0 Å². The first kappa shape index (κ1) is 14.4. The largest absolute Gasteiger partial charge is 0.497 e. The summed E-state index contributed by atoms with van der Waals surface area (Å²) in [6.45, 7) is 1.78. The van der Waals surface area contributed by atoms with Gasteiger partial charge in [-0.25, -0.2) is 0 Å². The predicted molar refractivity (Wildman–Crippen MR) is 81.4 cm³/mol. The summed E-state index contributed by atoms with van der Waals surface area (Å²) in [7, 11) is 3.38. The lowest BCUT2D eigenvalue weighted by Gasteiger charge is -2.07. The van der Waals surface area contributed by atoms with Gasteiger partial charge in [0.15, 0.2) is 0 Å². The Morgan fingerprint density at radius 2 is 1.45 bits per heavy atom. The van der Waals surface area contributed by atoms with Crippen LogP contribution in [0.3, 0.4) is 0 Å². The molecule has 1 N–H and O–H groups in total. The average Bonchev–Trinajstić information content (AvgIpc) is 2.52. The van der Waals surface area contributed by atoms with Crippen LogP contribution in [0.4, 0.5) is 0 Å². The van der Waals surface area contributed by atoms with E-state index in [1.807, 2.05) is 24.3 Å². The van der Waals surface area contributed by atoms with Crippen molar-refractivity contribution in [3.63, 3.8) is 0 Å². The van der Waals surface area contributed by atoms with Gasteiger partial charge in [0.25, 0.3) is 0 Å². The normalized spacial score (nSPS) is 10.3. The van der Waals surface area contributed by atoms with Gasteiger partial charge in [-0.2, -0.15) is 0 Å². The molecule has 0 fully saturated rings. The highest BCUT2D eigenvalue weighted by atomic mass is 16.5. The third-order valence-corrected chi connectivity index (χ3v) is 3.19. The molecule has 0 amide bonds. The molecule has 2 aromatic rings. The van der Waals surface area contributed by atoms with Crippen molar-refractivity contribution in [2.45, 2.75) is 13.0 Å². The highest BCUT2D eigenvalue weighted by Crippen LogP contribution is 2.13. The standard InChI is InChI=1S/C17H21NO2/c1-19-16-7-3-5-14(11-16)9-10-18-13-15-6-4-8-17(12-15)20-2/h3-8,11-12,18H,9-10,13H2,1-2H3. The van der Waals surface area contributed by atoms with Gasteiger partial charge in [-0.1, -0.05) is 24.3 Å². The first-order valence-corrected chi connectivity index (χ1v) is 6.78. The fraction of sp³-hybridized carbons (Fsp3) is 0.294. The molecule has 2 rings (SSSR count). The molecule has 0 bridgehead atoms. The number of ether oxygens (including phenoxy) is 2. The minimum absolute atomic E-state index is 0.848. The number of hydrogen-bond acceptors (Lipinski definition) is 3. The first-order valence-electron chi connectivity index (χ1n) is 6.78. The molecule has 0 radical (unpaired) electrons. The summed E-state index contributed by atoms with van der Waals surface area (Å²) in [4.78, 5) is 0. The second kappa shape index (κ2) is 7.56. The minimum atomic E-state index is 0.848. The zero-order valence-corrected chi connectivity index (χ0v) is 12.1. The molecule has 2 aromatic carbocycles. The first-order chi connectivity index (χ1) is 9.81. The molecule has 3 nitrogen and oxygen atoms in total. The molecule has 0 heterocycles. The molecule has 0 atom stereocenters. The molecule has 0 aromatic heterocycles. The van der Waals surface area contributed by atoms with Crippen molar-refractivity contribution < 1.29 is 9.47 Å². The van der Waals surface area contributed by atoms with Crippen molar-refractivity contribution >= 4 is 0 Å². The van der Waals surface area contributed by atoms with Gasteiger partial charge in [-0.05, 0) is 48.4 Å². The maximum atomic E-state index is 5.22. The van der Waals surface area contributed by atoms with E-state index in [1.54, 1.807) is 14.2 Å². The van der Waals surface area contributed by atoms with Crippen molar-refractivity contribution in [3.8, 4) is 11.5 Å². The SMILES string of the molecule is COc1cccc(CCNCc2cccc(OC)c2)c1. The zero-order valence-electron chi connectivity index (χ0n) is 12.1. The van der Waals surface area contributed by atoms with Crippen LogP contribution in [-0.2, 0) is 13.0 Å². The molecule has 0 saturated heterocycles. The lowest BCUT2D eigenvalue weighted by atomic mass is 10.1. The van der Waals surface area contributed by atoms with Gasteiger partial charge in [0, 0.05) is 6.54 Å². The number of rotatable bonds is 7. The van der Waals surface area contributed by atoms with E-state index in [1.165, 1.54) is 11.1 Å². The molecule has 0 aliphatic carbocycles. The molecule has 0 aliphatic rings. The fourth-order valence-corrected chi connectivity index (χ4v) is 2.08. The molecule has 106 valence electrons. The Morgan fingerprint density at radius 1 is 0.850 bits per heavy atom. The third kappa shape index (κ3) is 4.28. The van der Waals surface area contributed by atoms with Crippen molar-refractivity contribution in [3.05, 3.63) is 59.7 Å². The maximum absolute atomic E-state index is 5.22. The lowest BCUT2D eigenvalue weighted by Crippen LogP contribution is -2.16. The van der Waals surface area contributed by atoms with E-state index in [0.717, 1.165) is 31.0 Å². The Morgan fingerprint density at radius 3 is 2.10 bits per heavy atom. The van der Waals surface area contributed by atoms with Crippen LogP contribution in [0.15, 0.2) is 48.5 Å². The van der Waals surface area contributed by atoms with E-state index < -0.39 is 0 Å². The summed E-state index contributed by atoms with van der Waals surface area (Å²) in [5.41, 5.74) is 2.51.